The highest BCUT2D eigenvalue weighted by Crippen LogP contribution is 2.55. The number of hydrogen-bond acceptors (Lipinski definition) is 14. The van der Waals surface area contributed by atoms with Gasteiger partial charge in [-0.3, -0.25) is 14.4 Å². The molecular weight excluding hydrogens is 752 g/mol. The smallest absolute Gasteiger partial charge is 0.312 e. The van der Waals surface area contributed by atoms with Crippen LogP contribution in [0, 0.1) is 30.6 Å². The topological polar surface area (TPSA) is 223 Å². The number of nitrogens with one attached hydrogen (secondary N) is 1. The van der Waals surface area contributed by atoms with E-state index in [4.69, 9.17) is 23.8 Å². The van der Waals surface area contributed by atoms with Gasteiger partial charge < -0.3 is 54.6 Å². The van der Waals surface area contributed by atoms with Crippen LogP contribution in [-0.2, 0) is 28.6 Å². The van der Waals surface area contributed by atoms with Crippen molar-refractivity contribution in [2.45, 2.75) is 112 Å². The van der Waals surface area contributed by atoms with Crippen molar-refractivity contribution >= 4 is 40.3 Å². The molecule has 2 aromatic carbocycles. The van der Waals surface area contributed by atoms with E-state index >= 15 is 0 Å². The van der Waals surface area contributed by atoms with Crippen LogP contribution >= 0.6 is 0 Å². The fraction of sp³-hybridized carbons (Fsp3) is 0.535. The Morgan fingerprint density at radius 3 is 2.29 bits per heavy atom. The average molecular weight is 811 g/mol. The molecule has 15 nitrogen and oxygen atoms in total. The number of Topliss-reactive ketones (excluding diaryl/α,β-unsaturated/α-hetero) is 1. The quantitative estimate of drug-likeness (QED) is 0.0431. The summed E-state index contributed by atoms with van der Waals surface area (Å²) in [6, 6.07) is 0. The number of rotatable bonds is 8. The Balaban J connectivity index is 1.95. The maximum atomic E-state index is 14.3. The molecule has 2 aromatic rings. The zero-order chi connectivity index (χ0) is 43.2. The number of carbonyl (C=O) groups excluding carboxylic acids is 3. The van der Waals surface area contributed by atoms with E-state index in [9.17, 15) is 39.9 Å². The van der Waals surface area contributed by atoms with Crippen molar-refractivity contribution in [2.24, 2.45) is 28.8 Å². The van der Waals surface area contributed by atoms with Gasteiger partial charge in [0, 0.05) is 61.2 Å². The van der Waals surface area contributed by atoms with E-state index in [1.165, 1.54) is 53.2 Å². The summed E-state index contributed by atoms with van der Waals surface area (Å²) in [5, 5.41) is 64.0. The number of esters is 1. The Morgan fingerprint density at radius 1 is 0.966 bits per heavy atom. The number of unbranched alkanes of at least 4 members (excludes halogenated alkanes) is 2. The normalized spacial score (nSPS) is 28.4. The van der Waals surface area contributed by atoms with Gasteiger partial charge in [-0.2, -0.15) is 0 Å². The molecule has 5 rings (SSSR count). The van der Waals surface area contributed by atoms with Crippen LogP contribution in [0.5, 0.6) is 23.0 Å². The van der Waals surface area contributed by atoms with Gasteiger partial charge in [-0.15, -0.1) is 0 Å². The van der Waals surface area contributed by atoms with Crippen LogP contribution in [0.2, 0.25) is 0 Å². The van der Waals surface area contributed by atoms with E-state index in [0.717, 1.165) is 19.1 Å². The lowest BCUT2D eigenvalue weighted by atomic mass is 9.78. The standard InChI is InChI=1S/C43H58N2O13/c1-11-12-13-18-56-44-20-28-33-38(51)31-30(37(28)50)32-40(26(7)36(31)49)58-43(9,41(32)52)55-19-17-29(54-10)23(4)39(57-27(8)46)25(6)35(48)24(5)34(47)21(2)15-14-16-22(3)42(53)45-33/h14-17,19-21,23-25,29,34-35,39,47-51H,11-13,18H2,1-10H3,(H,45,53)/t21-,23-,24+,25+,29-,34+,35+,39-,43-/m0/s1. The Morgan fingerprint density at radius 2 is 1.66 bits per heavy atom. The Bertz CT molecular complexity index is 1990. The molecule has 0 unspecified atom stereocenters. The highest BCUT2D eigenvalue weighted by molar-refractivity contribution is 6.23. The number of anilines is 1. The summed E-state index contributed by atoms with van der Waals surface area (Å²) in [6.07, 6.45) is 7.10. The van der Waals surface area contributed by atoms with Gasteiger partial charge in [0.2, 0.25) is 0 Å². The van der Waals surface area contributed by atoms with Crippen LogP contribution in [0.15, 0.2) is 41.3 Å². The second-order valence-corrected chi connectivity index (χ2v) is 15.4. The summed E-state index contributed by atoms with van der Waals surface area (Å²) in [7, 11) is 1.43. The number of aliphatic hydroxyl groups is 2. The highest BCUT2D eigenvalue weighted by Gasteiger charge is 2.50. The predicted molar refractivity (Wildman–Crippen MR) is 217 cm³/mol. The number of aliphatic hydroxyl groups excluding tert-OH is 2. The number of carbonyl (C=O) groups is 3. The molecule has 3 aliphatic rings. The lowest BCUT2D eigenvalue weighted by Crippen LogP contribution is -2.46. The Labute approximate surface area is 338 Å². The van der Waals surface area contributed by atoms with Gasteiger partial charge in [-0.05, 0) is 26.3 Å². The van der Waals surface area contributed by atoms with E-state index in [2.05, 4.69) is 10.5 Å². The Kier molecular flexibility index (Phi) is 15.0. The molecule has 0 aliphatic carbocycles. The number of oxime groups is 1. The van der Waals surface area contributed by atoms with Crippen molar-refractivity contribution in [3.05, 3.63) is 52.8 Å². The van der Waals surface area contributed by atoms with Gasteiger partial charge in [0.05, 0.1) is 53.0 Å². The number of nitrogens with zero attached hydrogens (tertiary/aromatic N) is 1. The van der Waals surface area contributed by atoms with Crippen LogP contribution in [0.25, 0.3) is 10.8 Å². The molecule has 3 aliphatic heterocycles. The molecule has 5 bridgehead atoms. The molecule has 3 heterocycles. The number of phenolic OH excluding ortho intramolecular Hbond substituents is 3. The third-order valence-electron chi connectivity index (χ3n) is 11.1. The number of fused-ring (bicyclic) bond motifs is 14. The number of aromatic hydroxyl groups is 3. The molecule has 15 heteroatoms. The van der Waals surface area contributed by atoms with Crippen LogP contribution in [0.4, 0.5) is 5.69 Å². The molecule has 0 saturated carbocycles. The van der Waals surface area contributed by atoms with Gasteiger partial charge in [0.1, 0.15) is 30.0 Å². The van der Waals surface area contributed by atoms with Crippen molar-refractivity contribution in [3.8, 4) is 23.0 Å². The molecule has 58 heavy (non-hydrogen) atoms. The van der Waals surface area contributed by atoms with Crippen LogP contribution in [0.1, 0.15) is 96.1 Å². The number of benzene rings is 2. The maximum absolute atomic E-state index is 14.3. The molecule has 6 N–H and O–H groups in total. The van der Waals surface area contributed by atoms with E-state index < -0.39 is 88.8 Å². The molecule has 1 amide bonds. The SMILES string of the molecule is CCCCCON=Cc1c2c(O)c3c(O)c(C)c4c(c3c1O)C(=O)[C@@](C)(OC=C[C@H](OC)[C@H](C)[C@H](OC(C)=O)[C@H](C)[C@H](O)[C@H](C)[C@H](O)[C@@H](C)C=CC=C(C)C(=O)N2)O4. The molecule has 0 radical (unpaired) electrons. The van der Waals surface area contributed by atoms with Crippen LogP contribution < -0.4 is 10.1 Å². The summed E-state index contributed by atoms with van der Waals surface area (Å²) in [5.74, 6) is -8.57. The molecule has 318 valence electrons. The first-order valence-corrected chi connectivity index (χ1v) is 19.6. The summed E-state index contributed by atoms with van der Waals surface area (Å²) in [6.45, 7) is 14.7. The fourth-order valence-electron chi connectivity index (χ4n) is 7.43. The number of hydrogen-bond donors (Lipinski definition) is 6. The van der Waals surface area contributed by atoms with Crippen LogP contribution in [0.3, 0.4) is 0 Å². The van der Waals surface area contributed by atoms with E-state index in [-0.39, 0.29) is 51.1 Å². The van der Waals surface area contributed by atoms with Crippen LogP contribution in [-0.4, -0.2) is 93.3 Å². The van der Waals surface area contributed by atoms with Crippen molar-refractivity contribution in [1.29, 1.82) is 0 Å². The average Bonchev–Trinajstić information content (AvgIpc) is 3.45. The van der Waals surface area contributed by atoms with E-state index in [1.807, 2.05) is 6.92 Å². The zero-order valence-electron chi connectivity index (χ0n) is 34.9. The monoisotopic (exact) mass is 810 g/mol. The maximum Gasteiger partial charge on any atom is 0.312 e. The lowest BCUT2D eigenvalue weighted by Gasteiger charge is -2.38. The third-order valence-corrected chi connectivity index (χ3v) is 11.1. The largest absolute Gasteiger partial charge is 0.507 e. The number of methoxy groups -OCH3 is 1. The van der Waals surface area contributed by atoms with Crippen molar-refractivity contribution in [3.63, 3.8) is 0 Å². The molecule has 0 spiro atoms. The molecule has 0 saturated heterocycles. The minimum absolute atomic E-state index is 0.0391. The van der Waals surface area contributed by atoms with Gasteiger partial charge >= 0.3 is 11.8 Å². The molecule has 0 fully saturated rings. The minimum atomic E-state index is -2.05. The zero-order valence-corrected chi connectivity index (χ0v) is 34.9. The second-order valence-electron chi connectivity index (χ2n) is 15.4. The van der Waals surface area contributed by atoms with Crippen molar-refractivity contribution in [2.75, 3.05) is 19.0 Å². The number of ketones is 1. The highest BCUT2D eigenvalue weighted by atomic mass is 16.7. The molecular formula is C43H58N2O13. The molecule has 9 atom stereocenters. The number of amides is 1. The fourth-order valence-corrected chi connectivity index (χ4v) is 7.43. The summed E-state index contributed by atoms with van der Waals surface area (Å²) >= 11 is 0. The summed E-state index contributed by atoms with van der Waals surface area (Å²) in [4.78, 5) is 45.7. The predicted octanol–water partition coefficient (Wildman–Crippen LogP) is 6.29. The summed E-state index contributed by atoms with van der Waals surface area (Å²) in [5.41, 5.74) is -0.565. The van der Waals surface area contributed by atoms with Gasteiger partial charge in [0.25, 0.3) is 11.7 Å². The first kappa shape index (κ1) is 45.6. The van der Waals surface area contributed by atoms with Gasteiger partial charge in [-0.25, -0.2) is 0 Å². The number of phenols is 3. The van der Waals surface area contributed by atoms with E-state index in [1.54, 1.807) is 39.8 Å². The first-order chi connectivity index (χ1) is 27.3. The number of ether oxygens (including phenoxy) is 4. The lowest BCUT2D eigenvalue weighted by molar-refractivity contribution is -0.160. The molecule has 0 aromatic heterocycles. The van der Waals surface area contributed by atoms with Crippen molar-refractivity contribution in [1.82, 2.24) is 0 Å². The van der Waals surface area contributed by atoms with Gasteiger partial charge in [-0.1, -0.05) is 70.8 Å². The minimum Gasteiger partial charge on any atom is -0.507 e. The van der Waals surface area contributed by atoms with Gasteiger partial charge in [0.15, 0.2) is 5.75 Å². The first-order valence-electron chi connectivity index (χ1n) is 19.6. The van der Waals surface area contributed by atoms with E-state index in [0.29, 0.717) is 6.42 Å². The Hall–Kier alpha value is -5.12. The third kappa shape index (κ3) is 9.27. The van der Waals surface area contributed by atoms with Crippen molar-refractivity contribution < 1.29 is 63.7 Å². The second kappa shape index (κ2) is 19.1. The summed E-state index contributed by atoms with van der Waals surface area (Å²) < 4.78 is 23.5. The number of allylic oxidation sites excluding steroid dienone is 2.